The standard InChI is InChI=1S/C7H8N4O/c8-5-6-1-2-10-11-7(6)9-3-4-12/h1-2,12H,3-4H2,(H,9,11). The lowest BCUT2D eigenvalue weighted by Crippen LogP contribution is -2.08. The molecule has 1 heterocycles. The zero-order valence-corrected chi connectivity index (χ0v) is 6.36. The molecular formula is C7H8N4O. The van der Waals surface area contributed by atoms with E-state index in [-0.39, 0.29) is 6.61 Å². The van der Waals surface area contributed by atoms with Gasteiger partial charge in [0.05, 0.1) is 18.4 Å². The Morgan fingerprint density at radius 1 is 1.67 bits per heavy atom. The lowest BCUT2D eigenvalue weighted by molar-refractivity contribution is 0.311. The van der Waals surface area contributed by atoms with E-state index in [9.17, 15) is 0 Å². The quantitative estimate of drug-likeness (QED) is 0.643. The van der Waals surface area contributed by atoms with Crippen molar-refractivity contribution in [3.63, 3.8) is 0 Å². The van der Waals surface area contributed by atoms with E-state index in [1.54, 1.807) is 6.07 Å². The van der Waals surface area contributed by atoms with E-state index < -0.39 is 0 Å². The van der Waals surface area contributed by atoms with Crippen LogP contribution in [-0.2, 0) is 0 Å². The molecule has 0 bridgehead atoms. The summed E-state index contributed by atoms with van der Waals surface area (Å²) in [6.45, 7) is 0.370. The van der Waals surface area contributed by atoms with Crippen LogP contribution in [0.1, 0.15) is 5.56 Å². The van der Waals surface area contributed by atoms with Gasteiger partial charge in [0, 0.05) is 6.54 Å². The summed E-state index contributed by atoms with van der Waals surface area (Å²) in [6, 6.07) is 3.52. The smallest absolute Gasteiger partial charge is 0.166 e. The van der Waals surface area contributed by atoms with Crippen LogP contribution in [0.4, 0.5) is 5.82 Å². The van der Waals surface area contributed by atoms with Crippen molar-refractivity contribution < 1.29 is 5.11 Å². The zero-order valence-electron chi connectivity index (χ0n) is 6.36. The van der Waals surface area contributed by atoms with Crippen molar-refractivity contribution in [2.24, 2.45) is 0 Å². The summed E-state index contributed by atoms with van der Waals surface area (Å²) in [7, 11) is 0. The van der Waals surface area contributed by atoms with Gasteiger partial charge in [-0.1, -0.05) is 0 Å². The second-order valence-electron chi connectivity index (χ2n) is 2.06. The fourth-order valence-corrected chi connectivity index (χ4v) is 0.727. The summed E-state index contributed by atoms with van der Waals surface area (Å²) in [5.41, 5.74) is 0.429. The van der Waals surface area contributed by atoms with E-state index in [1.807, 2.05) is 6.07 Å². The van der Waals surface area contributed by atoms with E-state index in [1.165, 1.54) is 6.20 Å². The first-order valence-corrected chi connectivity index (χ1v) is 3.45. The molecule has 0 atom stereocenters. The van der Waals surface area contributed by atoms with Crippen molar-refractivity contribution in [2.75, 3.05) is 18.5 Å². The average molecular weight is 164 g/mol. The molecule has 5 nitrogen and oxygen atoms in total. The molecular weight excluding hydrogens is 156 g/mol. The van der Waals surface area contributed by atoms with Crippen LogP contribution in [0.15, 0.2) is 12.3 Å². The fourth-order valence-electron chi connectivity index (χ4n) is 0.727. The molecule has 2 N–H and O–H groups in total. The summed E-state index contributed by atoms with van der Waals surface area (Å²) < 4.78 is 0. The maximum Gasteiger partial charge on any atom is 0.166 e. The number of hydrogen-bond donors (Lipinski definition) is 2. The van der Waals surface area contributed by atoms with Gasteiger partial charge in [0.2, 0.25) is 0 Å². The van der Waals surface area contributed by atoms with Crippen molar-refractivity contribution in [3.05, 3.63) is 17.8 Å². The van der Waals surface area contributed by atoms with Gasteiger partial charge in [-0.25, -0.2) is 0 Å². The van der Waals surface area contributed by atoms with Gasteiger partial charge >= 0.3 is 0 Å². The molecule has 0 aliphatic rings. The third-order valence-corrected chi connectivity index (χ3v) is 1.25. The predicted octanol–water partition coefficient (Wildman–Crippen LogP) is -0.248. The number of aromatic nitrogens is 2. The van der Waals surface area contributed by atoms with Crippen LogP contribution in [0, 0.1) is 11.3 Å². The number of hydrogen-bond acceptors (Lipinski definition) is 5. The molecule has 0 aliphatic heterocycles. The topological polar surface area (TPSA) is 81.8 Å². The van der Waals surface area contributed by atoms with Crippen LogP contribution in [-0.4, -0.2) is 28.5 Å². The van der Waals surface area contributed by atoms with Gasteiger partial charge < -0.3 is 10.4 Å². The van der Waals surface area contributed by atoms with Crippen LogP contribution in [0.3, 0.4) is 0 Å². The first-order valence-electron chi connectivity index (χ1n) is 3.45. The molecule has 1 aromatic heterocycles. The Balaban J connectivity index is 2.77. The molecule has 5 heteroatoms. The minimum Gasteiger partial charge on any atom is -0.395 e. The Morgan fingerprint density at radius 3 is 3.17 bits per heavy atom. The highest BCUT2D eigenvalue weighted by molar-refractivity contribution is 5.49. The van der Waals surface area contributed by atoms with Gasteiger partial charge in [-0.05, 0) is 6.07 Å². The highest BCUT2D eigenvalue weighted by Crippen LogP contribution is 2.06. The molecule has 0 saturated heterocycles. The van der Waals surface area contributed by atoms with Crippen LogP contribution < -0.4 is 5.32 Å². The van der Waals surface area contributed by atoms with Gasteiger partial charge in [0.25, 0.3) is 0 Å². The molecule has 62 valence electrons. The molecule has 0 saturated carbocycles. The summed E-state index contributed by atoms with van der Waals surface area (Å²) in [5, 5.41) is 27.2. The van der Waals surface area contributed by atoms with E-state index in [0.29, 0.717) is 17.9 Å². The lowest BCUT2D eigenvalue weighted by atomic mass is 10.3. The van der Waals surface area contributed by atoms with Gasteiger partial charge in [-0.15, -0.1) is 5.10 Å². The highest BCUT2D eigenvalue weighted by atomic mass is 16.3. The van der Waals surface area contributed by atoms with Crippen LogP contribution in [0.5, 0.6) is 0 Å². The molecule has 0 fully saturated rings. The molecule has 0 radical (unpaired) electrons. The average Bonchev–Trinajstić information content (AvgIpc) is 2.15. The van der Waals surface area contributed by atoms with Gasteiger partial charge in [-0.3, -0.25) is 0 Å². The van der Waals surface area contributed by atoms with Crippen molar-refractivity contribution in [1.82, 2.24) is 10.2 Å². The molecule has 0 aliphatic carbocycles. The molecule has 0 amide bonds. The Morgan fingerprint density at radius 2 is 2.50 bits per heavy atom. The minimum absolute atomic E-state index is 0.00143. The van der Waals surface area contributed by atoms with Gasteiger partial charge in [0.1, 0.15) is 6.07 Å². The minimum atomic E-state index is 0.00143. The molecule has 0 aromatic carbocycles. The largest absolute Gasteiger partial charge is 0.395 e. The number of aliphatic hydroxyl groups excluding tert-OH is 1. The molecule has 1 aromatic rings. The SMILES string of the molecule is N#Cc1ccnnc1NCCO. The second-order valence-corrected chi connectivity index (χ2v) is 2.06. The van der Waals surface area contributed by atoms with Crippen molar-refractivity contribution >= 4 is 5.82 Å². The summed E-state index contributed by atoms with van der Waals surface area (Å²) >= 11 is 0. The summed E-state index contributed by atoms with van der Waals surface area (Å²) in [4.78, 5) is 0. The summed E-state index contributed by atoms with van der Waals surface area (Å²) in [6.07, 6.45) is 1.45. The van der Waals surface area contributed by atoms with Crippen molar-refractivity contribution in [3.8, 4) is 6.07 Å². The van der Waals surface area contributed by atoms with Gasteiger partial charge in [0.15, 0.2) is 5.82 Å². The number of anilines is 1. The third kappa shape index (κ3) is 1.90. The Bertz CT molecular complexity index is 294. The molecule has 0 spiro atoms. The number of rotatable bonds is 3. The first kappa shape index (κ1) is 8.43. The molecule has 0 unspecified atom stereocenters. The lowest BCUT2D eigenvalue weighted by Gasteiger charge is -2.02. The van der Waals surface area contributed by atoms with Gasteiger partial charge in [-0.2, -0.15) is 10.4 Å². The van der Waals surface area contributed by atoms with E-state index in [0.717, 1.165) is 0 Å². The summed E-state index contributed by atoms with van der Waals surface area (Å²) in [5.74, 6) is 0.411. The van der Waals surface area contributed by atoms with Crippen molar-refractivity contribution in [2.45, 2.75) is 0 Å². The normalized spacial score (nSPS) is 9.00. The maximum absolute atomic E-state index is 8.60. The Kier molecular flexibility index (Phi) is 2.99. The molecule has 1 rings (SSSR count). The maximum atomic E-state index is 8.60. The molecule has 12 heavy (non-hydrogen) atoms. The number of nitrogens with one attached hydrogen (secondary N) is 1. The second kappa shape index (κ2) is 4.26. The monoisotopic (exact) mass is 164 g/mol. The Labute approximate surface area is 69.7 Å². The number of nitriles is 1. The Hall–Kier alpha value is -1.67. The van der Waals surface area contributed by atoms with E-state index >= 15 is 0 Å². The van der Waals surface area contributed by atoms with Crippen molar-refractivity contribution in [1.29, 1.82) is 5.26 Å². The van der Waals surface area contributed by atoms with E-state index in [2.05, 4.69) is 15.5 Å². The number of aliphatic hydroxyl groups is 1. The van der Waals surface area contributed by atoms with Crippen LogP contribution in [0.2, 0.25) is 0 Å². The third-order valence-electron chi connectivity index (χ3n) is 1.25. The van der Waals surface area contributed by atoms with Crippen LogP contribution >= 0.6 is 0 Å². The highest BCUT2D eigenvalue weighted by Gasteiger charge is 2.00. The first-order chi connectivity index (χ1) is 5.88. The van der Waals surface area contributed by atoms with Crippen LogP contribution in [0.25, 0.3) is 0 Å². The predicted molar refractivity (Wildman–Crippen MR) is 42.3 cm³/mol. The number of nitrogens with zero attached hydrogens (tertiary/aromatic N) is 3. The van der Waals surface area contributed by atoms with E-state index in [4.69, 9.17) is 10.4 Å². The fraction of sp³-hybridized carbons (Fsp3) is 0.286. The zero-order chi connectivity index (χ0) is 8.81.